The van der Waals surface area contributed by atoms with Gasteiger partial charge in [-0.3, -0.25) is 4.79 Å². The van der Waals surface area contributed by atoms with E-state index in [4.69, 9.17) is 27.9 Å². The van der Waals surface area contributed by atoms with Crippen LogP contribution in [-0.2, 0) is 11.2 Å². The Hall–Kier alpha value is -2.04. The largest absolute Gasteiger partial charge is 0.490 e. The fourth-order valence-electron chi connectivity index (χ4n) is 2.04. The van der Waals surface area contributed by atoms with Gasteiger partial charge in [0.2, 0.25) is 5.91 Å². The molecule has 1 N–H and O–H groups in total. The molecule has 4 nitrogen and oxygen atoms in total. The normalized spacial score (nSPS) is 11.1. The molecule has 2 aromatic rings. The quantitative estimate of drug-likeness (QED) is 0.559. The van der Waals surface area contributed by atoms with Crippen molar-refractivity contribution in [1.82, 2.24) is 5.43 Å². The number of hydrogen-bond acceptors (Lipinski definition) is 3. The van der Waals surface area contributed by atoms with Crippen molar-refractivity contribution in [2.45, 2.75) is 20.3 Å². The van der Waals surface area contributed by atoms with E-state index in [1.165, 1.54) is 6.21 Å². The Kier molecular flexibility index (Phi) is 7.29. The van der Waals surface area contributed by atoms with Gasteiger partial charge in [0, 0.05) is 0 Å². The van der Waals surface area contributed by atoms with Gasteiger partial charge in [0.25, 0.3) is 0 Å². The summed E-state index contributed by atoms with van der Waals surface area (Å²) in [6.45, 7) is 4.62. The van der Waals surface area contributed by atoms with E-state index < -0.39 is 0 Å². The molecule has 6 heteroatoms. The predicted molar refractivity (Wildman–Crippen MR) is 103 cm³/mol. The van der Waals surface area contributed by atoms with Gasteiger partial charge in [-0.05, 0) is 29.2 Å². The van der Waals surface area contributed by atoms with Crippen molar-refractivity contribution in [1.29, 1.82) is 0 Å². The van der Waals surface area contributed by atoms with Crippen LogP contribution in [-0.4, -0.2) is 18.7 Å². The van der Waals surface area contributed by atoms with Crippen molar-refractivity contribution < 1.29 is 9.53 Å². The number of nitrogens with one attached hydrogen (secondary N) is 1. The first-order chi connectivity index (χ1) is 12.0. The molecule has 0 aliphatic carbocycles. The van der Waals surface area contributed by atoms with Crippen molar-refractivity contribution in [3.05, 3.63) is 63.6 Å². The first-order valence-electron chi connectivity index (χ1n) is 7.93. The molecule has 25 heavy (non-hydrogen) atoms. The van der Waals surface area contributed by atoms with Crippen LogP contribution in [0.3, 0.4) is 0 Å². The van der Waals surface area contributed by atoms with Crippen molar-refractivity contribution in [3.8, 4) is 5.75 Å². The predicted octanol–water partition coefficient (Wildman–Crippen LogP) is 4.72. The topological polar surface area (TPSA) is 50.7 Å². The van der Waals surface area contributed by atoms with Gasteiger partial charge in [-0.1, -0.05) is 67.4 Å². The first kappa shape index (κ1) is 19.3. The minimum atomic E-state index is -0.198. The molecule has 0 saturated carbocycles. The summed E-state index contributed by atoms with van der Waals surface area (Å²) in [7, 11) is 0. The van der Waals surface area contributed by atoms with E-state index in [-0.39, 0.29) is 12.3 Å². The molecule has 1 amide bonds. The number of benzene rings is 2. The van der Waals surface area contributed by atoms with E-state index >= 15 is 0 Å². The van der Waals surface area contributed by atoms with Gasteiger partial charge in [0.1, 0.15) is 0 Å². The molecule has 0 aliphatic rings. The molecule has 0 bridgehead atoms. The maximum atomic E-state index is 11.8. The number of ether oxygens (including phenoxy) is 1. The summed E-state index contributed by atoms with van der Waals surface area (Å²) < 4.78 is 5.61. The second-order valence-corrected chi connectivity index (χ2v) is 6.79. The van der Waals surface area contributed by atoms with E-state index in [1.54, 1.807) is 12.1 Å². The standard InChI is InChI=1S/C19H20Cl2N2O2/c1-13(2)12-25-19-16(20)8-15(9-17(19)21)11-22-23-18(24)10-14-6-4-3-5-7-14/h3-9,11,13H,10,12H2,1-2H3,(H,23,24)/b22-11-. The van der Waals surface area contributed by atoms with Gasteiger partial charge in [-0.2, -0.15) is 5.10 Å². The maximum absolute atomic E-state index is 11.8. The molecule has 2 rings (SSSR count). The van der Waals surface area contributed by atoms with E-state index in [0.717, 1.165) is 5.56 Å². The van der Waals surface area contributed by atoms with Crippen molar-refractivity contribution in [3.63, 3.8) is 0 Å². The summed E-state index contributed by atoms with van der Waals surface area (Å²) in [6, 6.07) is 12.8. The van der Waals surface area contributed by atoms with Gasteiger partial charge in [0.15, 0.2) is 5.75 Å². The molecule has 0 spiro atoms. The molecule has 132 valence electrons. The number of rotatable bonds is 7. The Morgan fingerprint density at radius 3 is 2.44 bits per heavy atom. The summed E-state index contributed by atoms with van der Waals surface area (Å²) >= 11 is 12.4. The van der Waals surface area contributed by atoms with Gasteiger partial charge < -0.3 is 4.74 Å². The van der Waals surface area contributed by atoms with Crippen LogP contribution in [0.2, 0.25) is 10.0 Å². The lowest BCUT2D eigenvalue weighted by Gasteiger charge is -2.12. The second-order valence-electron chi connectivity index (χ2n) is 5.97. The highest BCUT2D eigenvalue weighted by Gasteiger charge is 2.10. The fraction of sp³-hybridized carbons (Fsp3) is 0.263. The third kappa shape index (κ3) is 6.40. The number of carbonyl (C=O) groups is 1. The average molecular weight is 379 g/mol. The molecule has 0 atom stereocenters. The highest BCUT2D eigenvalue weighted by Crippen LogP contribution is 2.34. The average Bonchev–Trinajstić information content (AvgIpc) is 2.54. The molecule has 0 unspecified atom stereocenters. The number of nitrogens with zero attached hydrogens (tertiary/aromatic N) is 1. The Balaban J connectivity index is 1.95. The Bertz CT molecular complexity index is 723. The van der Waals surface area contributed by atoms with Gasteiger partial charge in [-0.25, -0.2) is 5.43 Å². The van der Waals surface area contributed by atoms with Crippen LogP contribution in [0.25, 0.3) is 0 Å². The SMILES string of the molecule is CC(C)COc1c(Cl)cc(/C=N\NC(=O)Cc2ccccc2)cc1Cl. The van der Waals surface area contributed by atoms with E-state index in [0.29, 0.717) is 33.9 Å². The molecule has 0 heterocycles. The van der Waals surface area contributed by atoms with Crippen LogP contribution >= 0.6 is 23.2 Å². The summed E-state index contributed by atoms with van der Waals surface area (Å²) in [5, 5.41) is 4.76. The zero-order valence-electron chi connectivity index (χ0n) is 14.1. The fourth-order valence-corrected chi connectivity index (χ4v) is 2.65. The zero-order valence-corrected chi connectivity index (χ0v) is 15.6. The highest BCUT2D eigenvalue weighted by atomic mass is 35.5. The van der Waals surface area contributed by atoms with Gasteiger partial charge >= 0.3 is 0 Å². The van der Waals surface area contributed by atoms with E-state index in [9.17, 15) is 4.79 Å². The lowest BCUT2D eigenvalue weighted by Crippen LogP contribution is -2.19. The third-order valence-corrected chi connectivity index (χ3v) is 3.75. The van der Waals surface area contributed by atoms with Gasteiger partial charge in [-0.15, -0.1) is 0 Å². The van der Waals surface area contributed by atoms with Gasteiger partial charge in [0.05, 0.1) is 29.3 Å². The Morgan fingerprint density at radius 2 is 1.84 bits per heavy atom. The highest BCUT2D eigenvalue weighted by molar-refractivity contribution is 6.37. The van der Waals surface area contributed by atoms with Crippen LogP contribution in [0, 0.1) is 5.92 Å². The van der Waals surface area contributed by atoms with E-state index in [2.05, 4.69) is 10.5 Å². The second kappa shape index (κ2) is 9.44. The minimum Gasteiger partial charge on any atom is -0.490 e. The zero-order chi connectivity index (χ0) is 18.2. The van der Waals surface area contributed by atoms with Crippen LogP contribution < -0.4 is 10.2 Å². The lowest BCUT2D eigenvalue weighted by molar-refractivity contribution is -0.120. The molecule has 0 fully saturated rings. The number of halogens is 2. The Labute approximate surface area is 157 Å². The minimum absolute atomic E-state index is 0.198. The molecular formula is C19H20Cl2N2O2. The van der Waals surface area contributed by atoms with Crippen molar-refractivity contribution in [2.75, 3.05) is 6.61 Å². The number of amides is 1. The van der Waals surface area contributed by atoms with Crippen LogP contribution in [0.15, 0.2) is 47.6 Å². The number of hydrazone groups is 1. The van der Waals surface area contributed by atoms with Crippen LogP contribution in [0.4, 0.5) is 0 Å². The van der Waals surface area contributed by atoms with Crippen LogP contribution in [0.5, 0.6) is 5.75 Å². The molecule has 0 aromatic heterocycles. The number of carbonyl (C=O) groups excluding carboxylic acids is 1. The van der Waals surface area contributed by atoms with E-state index in [1.807, 2.05) is 44.2 Å². The summed E-state index contributed by atoms with van der Waals surface area (Å²) in [5.41, 5.74) is 4.08. The van der Waals surface area contributed by atoms with Crippen molar-refractivity contribution >= 4 is 35.3 Å². The van der Waals surface area contributed by atoms with Crippen LogP contribution in [0.1, 0.15) is 25.0 Å². The molecule has 2 aromatic carbocycles. The summed E-state index contributed by atoms with van der Waals surface area (Å²) in [6.07, 6.45) is 1.76. The smallest absolute Gasteiger partial charge is 0.244 e. The molecule has 0 radical (unpaired) electrons. The molecule has 0 aliphatic heterocycles. The third-order valence-electron chi connectivity index (χ3n) is 3.19. The summed E-state index contributed by atoms with van der Waals surface area (Å²) in [5.74, 6) is 0.632. The molecule has 0 saturated heterocycles. The first-order valence-corrected chi connectivity index (χ1v) is 8.69. The summed E-state index contributed by atoms with van der Waals surface area (Å²) in [4.78, 5) is 11.8. The van der Waals surface area contributed by atoms with Crippen molar-refractivity contribution in [2.24, 2.45) is 11.0 Å². The maximum Gasteiger partial charge on any atom is 0.244 e. The monoisotopic (exact) mass is 378 g/mol. The Morgan fingerprint density at radius 1 is 1.20 bits per heavy atom. The number of hydrogen-bond donors (Lipinski definition) is 1. The molecular weight excluding hydrogens is 359 g/mol. The lowest BCUT2D eigenvalue weighted by atomic mass is 10.1.